The van der Waals surface area contributed by atoms with Gasteiger partial charge in [0.05, 0.1) is 6.61 Å². The van der Waals surface area contributed by atoms with E-state index in [4.69, 9.17) is 16.3 Å². The van der Waals surface area contributed by atoms with Crippen molar-refractivity contribution in [2.75, 3.05) is 6.61 Å². The van der Waals surface area contributed by atoms with Gasteiger partial charge >= 0.3 is 0 Å². The Kier molecular flexibility index (Phi) is 7.03. The molecule has 0 bridgehead atoms. The lowest BCUT2D eigenvalue weighted by molar-refractivity contribution is 0.189. The van der Waals surface area contributed by atoms with Crippen LogP contribution in [-0.4, -0.2) is 6.61 Å². The number of ether oxygens (including phenoxy) is 1. The summed E-state index contributed by atoms with van der Waals surface area (Å²) >= 11 is 6.16. The van der Waals surface area contributed by atoms with Crippen molar-refractivity contribution < 1.29 is 9.13 Å². The summed E-state index contributed by atoms with van der Waals surface area (Å²) in [6.07, 6.45) is 13.8. The minimum atomic E-state index is -0.331. The quantitative estimate of drug-likeness (QED) is 0.493. The van der Waals surface area contributed by atoms with Crippen molar-refractivity contribution in [2.45, 2.75) is 71.6 Å². The van der Waals surface area contributed by atoms with E-state index < -0.39 is 0 Å². The molecule has 1 aromatic rings. The maximum absolute atomic E-state index is 14.7. The first-order valence-electron chi connectivity index (χ1n) is 10.4. The second-order valence-electron chi connectivity index (χ2n) is 8.01. The summed E-state index contributed by atoms with van der Waals surface area (Å²) < 4.78 is 20.1. The van der Waals surface area contributed by atoms with Crippen LogP contribution in [0.3, 0.4) is 0 Å². The largest absolute Gasteiger partial charge is 0.492 e. The van der Waals surface area contributed by atoms with E-state index in [-0.39, 0.29) is 10.8 Å². The van der Waals surface area contributed by atoms with Gasteiger partial charge in [0.15, 0.2) is 5.82 Å². The highest BCUT2D eigenvalue weighted by atomic mass is 35.5. The fraction of sp³-hybridized carbons (Fsp3) is 0.652. The molecular weight excluding hydrogens is 347 g/mol. The van der Waals surface area contributed by atoms with E-state index in [1.54, 1.807) is 6.07 Å². The summed E-state index contributed by atoms with van der Waals surface area (Å²) in [5.74, 6) is 2.72. The van der Waals surface area contributed by atoms with E-state index in [1.165, 1.54) is 44.9 Å². The number of benzene rings is 1. The molecule has 0 amide bonds. The lowest BCUT2D eigenvalue weighted by Gasteiger charge is -2.35. The van der Waals surface area contributed by atoms with Gasteiger partial charge in [-0.15, -0.1) is 0 Å². The minimum Gasteiger partial charge on any atom is -0.492 e. The molecule has 1 unspecified atom stereocenters. The van der Waals surface area contributed by atoms with Crippen molar-refractivity contribution in [3.05, 3.63) is 34.6 Å². The summed E-state index contributed by atoms with van der Waals surface area (Å²) in [7, 11) is 0. The highest BCUT2D eigenvalue weighted by Crippen LogP contribution is 2.43. The van der Waals surface area contributed by atoms with Gasteiger partial charge in [0.25, 0.3) is 0 Å². The lowest BCUT2D eigenvalue weighted by Crippen LogP contribution is -2.23. The van der Waals surface area contributed by atoms with Gasteiger partial charge in [0.2, 0.25) is 0 Å². The Bertz CT molecular complexity index is 631. The molecule has 1 nitrogen and oxygen atoms in total. The van der Waals surface area contributed by atoms with E-state index in [9.17, 15) is 4.39 Å². The third-order valence-corrected chi connectivity index (χ3v) is 6.75. The number of hydrogen-bond donors (Lipinski definition) is 0. The van der Waals surface area contributed by atoms with Gasteiger partial charge in [-0.3, -0.25) is 0 Å². The minimum absolute atomic E-state index is 0.113. The number of hydrogen-bond acceptors (Lipinski definition) is 1. The molecule has 1 saturated carbocycles. The summed E-state index contributed by atoms with van der Waals surface area (Å²) in [5, 5.41) is 0.113. The fourth-order valence-electron chi connectivity index (χ4n) is 4.93. The van der Waals surface area contributed by atoms with Crippen molar-refractivity contribution in [1.82, 2.24) is 0 Å². The Morgan fingerprint density at radius 1 is 1.08 bits per heavy atom. The van der Waals surface area contributed by atoms with Crippen LogP contribution in [0.15, 0.2) is 18.2 Å². The Morgan fingerprint density at radius 3 is 2.46 bits per heavy atom. The van der Waals surface area contributed by atoms with Crippen molar-refractivity contribution >= 4 is 17.2 Å². The van der Waals surface area contributed by atoms with Gasteiger partial charge < -0.3 is 4.74 Å². The molecule has 0 saturated heterocycles. The molecule has 3 heteroatoms. The predicted octanol–water partition coefficient (Wildman–Crippen LogP) is 7.67. The Morgan fingerprint density at radius 2 is 1.85 bits per heavy atom. The molecule has 0 radical (unpaired) electrons. The van der Waals surface area contributed by atoms with Crippen LogP contribution in [0, 0.1) is 23.6 Å². The second kappa shape index (κ2) is 9.26. The van der Waals surface area contributed by atoms with Gasteiger partial charge in [0.1, 0.15) is 10.8 Å². The van der Waals surface area contributed by atoms with E-state index >= 15 is 0 Å². The zero-order valence-electron chi connectivity index (χ0n) is 16.2. The van der Waals surface area contributed by atoms with Gasteiger partial charge in [-0.05, 0) is 74.5 Å². The molecule has 0 spiro atoms. The second-order valence-corrected chi connectivity index (χ2v) is 8.38. The van der Waals surface area contributed by atoms with Gasteiger partial charge in [-0.1, -0.05) is 50.3 Å². The van der Waals surface area contributed by atoms with Crippen molar-refractivity contribution in [3.63, 3.8) is 0 Å². The summed E-state index contributed by atoms with van der Waals surface area (Å²) in [6.45, 7) is 4.66. The van der Waals surface area contributed by atoms with Crippen molar-refractivity contribution in [1.29, 1.82) is 0 Å². The normalized spacial score (nSPS) is 26.5. The standard InChI is InChI=1S/C23H32ClFO/c1-3-5-16-6-8-17(9-7-16)18-10-12-19(13-11-18)20-14-15-21(26-4-2)22(24)23(20)25/h12,14-18H,3-11,13H2,1-2H3. The first kappa shape index (κ1) is 19.7. The lowest BCUT2D eigenvalue weighted by atomic mass is 9.70. The monoisotopic (exact) mass is 378 g/mol. The van der Waals surface area contributed by atoms with Crippen LogP contribution in [0.4, 0.5) is 4.39 Å². The first-order chi connectivity index (χ1) is 12.6. The topological polar surface area (TPSA) is 9.23 Å². The molecule has 0 heterocycles. The highest BCUT2D eigenvalue weighted by molar-refractivity contribution is 6.32. The molecule has 0 aromatic heterocycles. The summed E-state index contributed by atoms with van der Waals surface area (Å²) in [4.78, 5) is 0. The van der Waals surface area contributed by atoms with Crippen LogP contribution in [0.5, 0.6) is 5.75 Å². The van der Waals surface area contributed by atoms with Crippen LogP contribution in [-0.2, 0) is 0 Å². The van der Waals surface area contributed by atoms with E-state index in [0.717, 1.165) is 36.2 Å². The number of allylic oxidation sites excluding steroid dienone is 2. The van der Waals surface area contributed by atoms with Gasteiger partial charge in [0, 0.05) is 5.56 Å². The van der Waals surface area contributed by atoms with Crippen LogP contribution >= 0.6 is 11.6 Å². The maximum atomic E-state index is 14.7. The summed E-state index contributed by atoms with van der Waals surface area (Å²) in [5.41, 5.74) is 1.77. The zero-order chi connectivity index (χ0) is 18.5. The molecule has 2 aliphatic rings. The van der Waals surface area contributed by atoms with E-state index in [1.807, 2.05) is 13.0 Å². The molecule has 1 atom stereocenters. The van der Waals surface area contributed by atoms with Crippen LogP contribution in [0.1, 0.15) is 77.2 Å². The molecule has 3 rings (SSSR count). The molecule has 144 valence electrons. The van der Waals surface area contributed by atoms with Gasteiger partial charge in [-0.25, -0.2) is 4.39 Å². The molecule has 1 aromatic carbocycles. The van der Waals surface area contributed by atoms with E-state index in [2.05, 4.69) is 13.0 Å². The third-order valence-electron chi connectivity index (χ3n) is 6.40. The molecule has 1 fully saturated rings. The SMILES string of the molecule is CCCC1CCC(C2CC=C(c3ccc(OCC)c(Cl)c3F)CC2)CC1. The average Bonchev–Trinajstić information content (AvgIpc) is 2.67. The van der Waals surface area contributed by atoms with Crippen molar-refractivity contribution in [2.24, 2.45) is 17.8 Å². The smallest absolute Gasteiger partial charge is 0.153 e. The molecule has 0 N–H and O–H groups in total. The Labute approximate surface area is 163 Å². The average molecular weight is 379 g/mol. The molecule has 26 heavy (non-hydrogen) atoms. The first-order valence-corrected chi connectivity index (χ1v) is 10.8. The number of halogens is 2. The zero-order valence-corrected chi connectivity index (χ0v) is 17.0. The van der Waals surface area contributed by atoms with Crippen molar-refractivity contribution in [3.8, 4) is 5.75 Å². The van der Waals surface area contributed by atoms with Gasteiger partial charge in [-0.2, -0.15) is 0 Å². The maximum Gasteiger partial charge on any atom is 0.153 e. The molecular formula is C23H32ClFO. The Hall–Kier alpha value is -1.02. The summed E-state index contributed by atoms with van der Waals surface area (Å²) in [6, 6.07) is 3.63. The predicted molar refractivity (Wildman–Crippen MR) is 108 cm³/mol. The van der Waals surface area contributed by atoms with Crippen LogP contribution in [0.25, 0.3) is 5.57 Å². The fourth-order valence-corrected chi connectivity index (χ4v) is 5.15. The van der Waals surface area contributed by atoms with Crippen LogP contribution < -0.4 is 4.74 Å². The Balaban J connectivity index is 1.62. The van der Waals surface area contributed by atoms with E-state index in [0.29, 0.717) is 17.9 Å². The van der Waals surface area contributed by atoms with Crippen LogP contribution in [0.2, 0.25) is 5.02 Å². The molecule has 0 aliphatic heterocycles. The third kappa shape index (κ3) is 4.44. The molecule has 2 aliphatic carbocycles. The number of rotatable bonds is 6. The highest BCUT2D eigenvalue weighted by Gasteiger charge is 2.29.